The number of nitrogens with zero attached hydrogens (tertiary/aromatic N) is 2. The van der Waals surface area contributed by atoms with Crippen molar-refractivity contribution in [2.75, 3.05) is 14.2 Å². The van der Waals surface area contributed by atoms with Gasteiger partial charge in [0.15, 0.2) is 0 Å². The zero-order chi connectivity index (χ0) is 26.6. The second kappa shape index (κ2) is 9.21. The Morgan fingerprint density at radius 1 is 0.946 bits per heavy atom. The molecular weight excluding hydrogens is 464 g/mol. The van der Waals surface area contributed by atoms with Crippen LogP contribution < -0.4 is 4.74 Å². The van der Waals surface area contributed by atoms with E-state index in [0.717, 1.165) is 74.4 Å². The number of carbonyl (C=O) groups excluding carboxylic acids is 1. The van der Waals surface area contributed by atoms with Crippen LogP contribution >= 0.6 is 0 Å². The van der Waals surface area contributed by atoms with Crippen LogP contribution in [0, 0.1) is 20.8 Å². The van der Waals surface area contributed by atoms with Crippen LogP contribution in [0.3, 0.4) is 0 Å². The topological polar surface area (TPSA) is 92.9 Å². The van der Waals surface area contributed by atoms with E-state index in [1.54, 1.807) is 7.11 Å². The zero-order valence-electron chi connectivity index (χ0n) is 22.8. The van der Waals surface area contributed by atoms with Crippen molar-refractivity contribution in [1.82, 2.24) is 19.9 Å². The van der Waals surface area contributed by atoms with Crippen LogP contribution in [-0.2, 0) is 22.4 Å². The van der Waals surface area contributed by atoms with Gasteiger partial charge in [-0.05, 0) is 81.0 Å². The van der Waals surface area contributed by atoms with E-state index in [-0.39, 0.29) is 11.9 Å². The van der Waals surface area contributed by atoms with Crippen LogP contribution in [0.4, 0.5) is 0 Å². The Morgan fingerprint density at radius 3 is 2.32 bits per heavy atom. The molecule has 0 spiro atoms. The van der Waals surface area contributed by atoms with Crippen molar-refractivity contribution in [2.24, 2.45) is 0 Å². The first-order chi connectivity index (χ1) is 17.7. The van der Waals surface area contributed by atoms with Gasteiger partial charge in [0.05, 0.1) is 36.7 Å². The molecule has 8 bridgehead atoms. The fraction of sp³-hybridized carbons (Fsp3) is 0.367. The van der Waals surface area contributed by atoms with E-state index < -0.39 is 0 Å². The molecule has 1 unspecified atom stereocenters. The quantitative estimate of drug-likeness (QED) is 0.416. The number of ether oxygens (including phenoxy) is 2. The van der Waals surface area contributed by atoms with Crippen LogP contribution in [0.1, 0.15) is 71.7 Å². The number of nitrogens with one attached hydrogen (secondary N) is 2. The number of aromatic amines is 2. The minimum Gasteiger partial charge on any atom is -0.494 e. The molecule has 5 rings (SSSR count). The number of aryl methyl sites for hydroxylation is 3. The third kappa shape index (κ3) is 3.93. The van der Waals surface area contributed by atoms with Crippen LogP contribution in [0.15, 0.2) is 18.2 Å². The molecule has 3 aromatic heterocycles. The highest BCUT2D eigenvalue weighted by Crippen LogP contribution is 2.36. The average Bonchev–Trinajstić information content (AvgIpc) is 3.57. The summed E-state index contributed by atoms with van der Waals surface area (Å²) in [7, 11) is 3.12. The lowest BCUT2D eigenvalue weighted by Crippen LogP contribution is -2.05. The van der Waals surface area contributed by atoms with E-state index in [1.807, 2.05) is 19.9 Å². The number of hydrogen-bond acceptors (Lipinski definition) is 5. The van der Waals surface area contributed by atoms with Crippen molar-refractivity contribution in [1.29, 1.82) is 0 Å². The Labute approximate surface area is 217 Å². The van der Waals surface area contributed by atoms with Gasteiger partial charge < -0.3 is 19.4 Å². The number of hydrogen-bond donors (Lipinski definition) is 2. The molecule has 0 fully saturated rings. The molecule has 5 heterocycles. The maximum Gasteiger partial charge on any atom is 0.340 e. The van der Waals surface area contributed by atoms with Gasteiger partial charge in [-0.3, -0.25) is 4.98 Å². The van der Waals surface area contributed by atoms with Gasteiger partial charge in [0.1, 0.15) is 5.75 Å². The Morgan fingerprint density at radius 2 is 1.65 bits per heavy atom. The molecule has 1 atom stereocenters. The molecule has 2 aliphatic heterocycles. The second-order valence-electron chi connectivity index (χ2n) is 10.0. The number of aromatic nitrogens is 4. The van der Waals surface area contributed by atoms with Crippen molar-refractivity contribution >= 4 is 39.2 Å². The summed E-state index contributed by atoms with van der Waals surface area (Å²) in [6.07, 6.45) is 1.63. The first-order valence-electron chi connectivity index (χ1n) is 12.7. The summed E-state index contributed by atoms with van der Waals surface area (Å²) in [5, 5.41) is 0. The highest BCUT2D eigenvalue weighted by molar-refractivity contribution is 6.25. The number of fused-ring (bicyclic) bond motifs is 8. The van der Waals surface area contributed by atoms with Crippen molar-refractivity contribution in [2.45, 2.75) is 60.3 Å². The van der Waals surface area contributed by atoms with Gasteiger partial charge in [-0.25, -0.2) is 9.78 Å². The Hall–Kier alpha value is -3.87. The zero-order valence-corrected chi connectivity index (χ0v) is 22.8. The standard InChI is InChI=1S/C30H34N4O3/c1-9-19-15(3)22-13-26-29(36-7)18(6)24(33-26)11-20-14(2)10-21(31-20)17(5)28-27(30(35)37-8)16(4)23(34-28)12-25(19)32-22/h11-14,32-33H,9-10H2,1-8H3. The number of carbonyl (C=O) groups is 1. The summed E-state index contributed by atoms with van der Waals surface area (Å²) in [4.78, 5) is 30.1. The monoisotopic (exact) mass is 498 g/mol. The summed E-state index contributed by atoms with van der Waals surface area (Å²) in [5.41, 5.74) is 12.8. The third-order valence-corrected chi connectivity index (χ3v) is 7.80. The van der Waals surface area contributed by atoms with Crippen LogP contribution in [0.2, 0.25) is 0 Å². The lowest BCUT2D eigenvalue weighted by Gasteiger charge is -2.05. The lowest BCUT2D eigenvalue weighted by atomic mass is 9.99. The van der Waals surface area contributed by atoms with Crippen molar-refractivity contribution < 1.29 is 14.3 Å². The average molecular weight is 499 g/mol. The van der Waals surface area contributed by atoms with Gasteiger partial charge in [0, 0.05) is 39.4 Å². The lowest BCUT2D eigenvalue weighted by molar-refractivity contribution is -0.133. The maximum atomic E-state index is 12.9. The SMILES string of the molecule is CCc1c(C)c2cc3[nH]c(cc4nc(c(C)c5nc(cc1[nH]2)C(C)=C5C(=O)OC)CC4C)c(C)c3OC. The summed E-state index contributed by atoms with van der Waals surface area (Å²) in [6.45, 7) is 12.4. The fourth-order valence-electron chi connectivity index (χ4n) is 5.54. The molecule has 2 N–H and O–H groups in total. The van der Waals surface area contributed by atoms with E-state index in [1.165, 1.54) is 18.2 Å². The molecular formula is C30H34N4O3. The van der Waals surface area contributed by atoms with Crippen LogP contribution in [0.5, 0.6) is 5.75 Å². The second-order valence-corrected chi connectivity index (χ2v) is 10.0. The molecule has 7 nitrogen and oxygen atoms in total. The largest absolute Gasteiger partial charge is 0.494 e. The Balaban J connectivity index is 2.00. The van der Waals surface area contributed by atoms with Crippen LogP contribution in [-0.4, -0.2) is 40.1 Å². The Bertz CT molecular complexity index is 1640. The number of H-pyrrole nitrogens is 2. The predicted octanol–water partition coefficient (Wildman–Crippen LogP) is 6.26. The molecule has 7 heteroatoms. The smallest absolute Gasteiger partial charge is 0.340 e. The molecule has 0 aromatic carbocycles. The van der Waals surface area contributed by atoms with Crippen LogP contribution in [0.25, 0.3) is 33.2 Å². The molecule has 3 aromatic rings. The van der Waals surface area contributed by atoms with Gasteiger partial charge in [0.2, 0.25) is 0 Å². The number of rotatable bonds is 3. The summed E-state index contributed by atoms with van der Waals surface area (Å²) >= 11 is 0. The molecule has 192 valence electrons. The molecule has 0 saturated heterocycles. The highest BCUT2D eigenvalue weighted by atomic mass is 16.5. The van der Waals surface area contributed by atoms with Gasteiger partial charge in [-0.15, -0.1) is 0 Å². The number of allylic oxidation sites excluding steroid dienone is 1. The minimum absolute atomic E-state index is 0.227. The van der Waals surface area contributed by atoms with Crippen molar-refractivity contribution in [3.8, 4) is 5.75 Å². The summed E-state index contributed by atoms with van der Waals surface area (Å²) < 4.78 is 11.0. The molecule has 0 amide bonds. The van der Waals surface area contributed by atoms with E-state index in [9.17, 15) is 4.79 Å². The van der Waals surface area contributed by atoms with Gasteiger partial charge in [0.25, 0.3) is 0 Å². The highest BCUT2D eigenvalue weighted by Gasteiger charge is 2.28. The first kappa shape index (κ1) is 24.8. The van der Waals surface area contributed by atoms with E-state index in [2.05, 4.69) is 49.8 Å². The predicted molar refractivity (Wildman–Crippen MR) is 148 cm³/mol. The molecule has 0 saturated carbocycles. The maximum absolute atomic E-state index is 12.9. The summed E-state index contributed by atoms with van der Waals surface area (Å²) in [6, 6.07) is 6.26. The molecule has 0 radical (unpaired) electrons. The summed E-state index contributed by atoms with van der Waals surface area (Å²) in [5.74, 6) is 0.671. The van der Waals surface area contributed by atoms with E-state index >= 15 is 0 Å². The van der Waals surface area contributed by atoms with Gasteiger partial charge in [-0.1, -0.05) is 13.8 Å². The van der Waals surface area contributed by atoms with Gasteiger partial charge >= 0.3 is 5.97 Å². The van der Waals surface area contributed by atoms with Crippen molar-refractivity contribution in [3.63, 3.8) is 0 Å². The van der Waals surface area contributed by atoms with E-state index in [0.29, 0.717) is 11.3 Å². The molecule has 37 heavy (non-hydrogen) atoms. The van der Waals surface area contributed by atoms with Gasteiger partial charge in [-0.2, -0.15) is 0 Å². The number of methoxy groups -OCH3 is 2. The molecule has 0 aliphatic carbocycles. The first-order valence-corrected chi connectivity index (χ1v) is 12.7. The number of esters is 1. The van der Waals surface area contributed by atoms with Crippen molar-refractivity contribution in [3.05, 3.63) is 63.2 Å². The minimum atomic E-state index is -0.381. The Kier molecular flexibility index (Phi) is 6.18. The fourth-order valence-corrected chi connectivity index (χ4v) is 5.54. The molecule has 2 aliphatic rings. The normalized spacial score (nSPS) is 15.3. The third-order valence-electron chi connectivity index (χ3n) is 7.80. The van der Waals surface area contributed by atoms with E-state index in [4.69, 9.17) is 19.4 Å².